The Bertz CT molecular complexity index is 659. The molecule has 27 heavy (non-hydrogen) atoms. The van der Waals surface area contributed by atoms with Crippen molar-refractivity contribution in [3.8, 4) is 0 Å². The highest BCUT2D eigenvalue weighted by Crippen LogP contribution is 2.26. The number of hydrogen-bond donors (Lipinski definition) is 0. The molecule has 0 aromatic carbocycles. The topological polar surface area (TPSA) is 56.8 Å². The lowest BCUT2D eigenvalue weighted by atomic mass is 10.1. The Morgan fingerprint density at radius 3 is 2.70 bits per heavy atom. The van der Waals surface area contributed by atoms with Crippen LogP contribution in [-0.2, 0) is 16.1 Å². The Kier molecular flexibility index (Phi) is 5.72. The lowest BCUT2D eigenvalue weighted by Gasteiger charge is -2.28. The van der Waals surface area contributed by atoms with Gasteiger partial charge in [0.25, 0.3) is 0 Å². The second-order valence-corrected chi connectivity index (χ2v) is 8.15. The lowest BCUT2D eigenvalue weighted by Crippen LogP contribution is -2.41. The number of rotatable bonds is 4. The molecule has 6 heteroatoms. The van der Waals surface area contributed by atoms with E-state index >= 15 is 0 Å². The first-order chi connectivity index (χ1) is 13.2. The molecule has 1 aliphatic carbocycles. The molecule has 0 N–H and O–H groups in total. The zero-order valence-corrected chi connectivity index (χ0v) is 16.1. The Morgan fingerprint density at radius 1 is 1.07 bits per heavy atom. The van der Waals surface area contributed by atoms with E-state index in [2.05, 4.69) is 9.88 Å². The van der Waals surface area contributed by atoms with Gasteiger partial charge in [0.2, 0.25) is 11.8 Å². The maximum absolute atomic E-state index is 13.0. The molecule has 2 amide bonds. The zero-order valence-electron chi connectivity index (χ0n) is 16.1. The fourth-order valence-electron chi connectivity index (χ4n) is 4.83. The van der Waals surface area contributed by atoms with Crippen LogP contribution in [0.1, 0.15) is 44.2 Å². The molecule has 3 fully saturated rings. The summed E-state index contributed by atoms with van der Waals surface area (Å²) in [5, 5.41) is 0. The number of amides is 2. The number of likely N-dealkylation sites (tertiary alicyclic amines) is 1. The molecular weight excluding hydrogens is 340 g/mol. The molecule has 1 unspecified atom stereocenters. The van der Waals surface area contributed by atoms with Crippen molar-refractivity contribution in [1.29, 1.82) is 0 Å². The summed E-state index contributed by atoms with van der Waals surface area (Å²) >= 11 is 0. The second-order valence-electron chi connectivity index (χ2n) is 8.15. The van der Waals surface area contributed by atoms with Crippen LogP contribution < -0.4 is 0 Å². The molecule has 1 aromatic heterocycles. The average molecular weight is 370 g/mol. The number of hydrogen-bond acceptors (Lipinski definition) is 4. The zero-order chi connectivity index (χ0) is 18.6. The van der Waals surface area contributed by atoms with Gasteiger partial charge in [-0.1, -0.05) is 18.9 Å². The fourth-order valence-corrected chi connectivity index (χ4v) is 4.83. The highest BCUT2D eigenvalue weighted by atomic mass is 16.2. The molecule has 6 nitrogen and oxygen atoms in total. The van der Waals surface area contributed by atoms with Crippen molar-refractivity contribution >= 4 is 11.8 Å². The molecule has 0 radical (unpaired) electrons. The van der Waals surface area contributed by atoms with E-state index in [1.165, 1.54) is 25.7 Å². The molecule has 0 bridgehead atoms. The van der Waals surface area contributed by atoms with Gasteiger partial charge in [-0.25, -0.2) is 0 Å². The highest BCUT2D eigenvalue weighted by Gasteiger charge is 2.37. The first kappa shape index (κ1) is 18.4. The van der Waals surface area contributed by atoms with Gasteiger partial charge in [0.15, 0.2) is 0 Å². The normalized spacial score (nSPS) is 25.2. The summed E-state index contributed by atoms with van der Waals surface area (Å²) in [6.07, 6.45) is 8.45. The predicted octanol–water partition coefficient (Wildman–Crippen LogP) is 1.91. The first-order valence-electron chi connectivity index (χ1n) is 10.4. The summed E-state index contributed by atoms with van der Waals surface area (Å²) in [5.41, 5.74) is 0.876. The molecule has 1 aromatic rings. The van der Waals surface area contributed by atoms with Gasteiger partial charge in [0.1, 0.15) is 0 Å². The maximum atomic E-state index is 13.0. The monoisotopic (exact) mass is 370 g/mol. The standard InChI is InChI=1S/C21H30N4O2/c26-20-14-17(15-25(20)16-18-6-3-4-9-22-18)21(27)24-11-5-10-23(12-13-24)19-7-1-2-8-19/h3-4,6,9,17,19H,1-2,5,7-8,10-16H2. The van der Waals surface area contributed by atoms with Crippen molar-refractivity contribution in [2.45, 2.75) is 51.1 Å². The quantitative estimate of drug-likeness (QED) is 0.812. The van der Waals surface area contributed by atoms with Crippen molar-refractivity contribution in [3.63, 3.8) is 0 Å². The van der Waals surface area contributed by atoms with Crippen molar-refractivity contribution in [3.05, 3.63) is 30.1 Å². The minimum atomic E-state index is -0.195. The number of nitrogens with zero attached hydrogens (tertiary/aromatic N) is 4. The molecule has 0 spiro atoms. The van der Waals surface area contributed by atoms with Gasteiger partial charge < -0.3 is 9.80 Å². The third-order valence-corrected chi connectivity index (χ3v) is 6.33. The van der Waals surface area contributed by atoms with Crippen LogP contribution >= 0.6 is 0 Å². The van der Waals surface area contributed by atoms with E-state index in [0.29, 0.717) is 19.5 Å². The van der Waals surface area contributed by atoms with Gasteiger partial charge in [-0.3, -0.25) is 19.5 Å². The molecule has 3 aliphatic rings. The van der Waals surface area contributed by atoms with E-state index in [0.717, 1.165) is 44.3 Å². The largest absolute Gasteiger partial charge is 0.341 e. The Hall–Kier alpha value is -1.95. The molecule has 3 heterocycles. The maximum Gasteiger partial charge on any atom is 0.228 e. The van der Waals surface area contributed by atoms with Crippen LogP contribution in [0, 0.1) is 5.92 Å². The van der Waals surface area contributed by atoms with E-state index in [4.69, 9.17) is 0 Å². The van der Waals surface area contributed by atoms with Crippen LogP contribution in [0.3, 0.4) is 0 Å². The third-order valence-electron chi connectivity index (χ3n) is 6.33. The van der Waals surface area contributed by atoms with Gasteiger partial charge in [-0.15, -0.1) is 0 Å². The fraction of sp³-hybridized carbons (Fsp3) is 0.667. The Morgan fingerprint density at radius 2 is 1.93 bits per heavy atom. The summed E-state index contributed by atoms with van der Waals surface area (Å²) in [4.78, 5) is 36.1. The summed E-state index contributed by atoms with van der Waals surface area (Å²) in [5.74, 6) is 0.0424. The third kappa shape index (κ3) is 4.32. The van der Waals surface area contributed by atoms with Gasteiger partial charge in [-0.05, 0) is 31.4 Å². The van der Waals surface area contributed by atoms with Gasteiger partial charge in [0, 0.05) is 51.4 Å². The molecule has 4 rings (SSSR count). The highest BCUT2D eigenvalue weighted by molar-refractivity contribution is 5.89. The van der Waals surface area contributed by atoms with Crippen molar-refractivity contribution in [1.82, 2.24) is 19.7 Å². The van der Waals surface area contributed by atoms with Crippen LogP contribution in [0.4, 0.5) is 0 Å². The van der Waals surface area contributed by atoms with E-state index in [-0.39, 0.29) is 17.7 Å². The summed E-state index contributed by atoms with van der Waals surface area (Å²) < 4.78 is 0. The van der Waals surface area contributed by atoms with E-state index in [1.54, 1.807) is 11.1 Å². The van der Waals surface area contributed by atoms with Gasteiger partial charge in [0.05, 0.1) is 18.2 Å². The molecule has 2 saturated heterocycles. The van der Waals surface area contributed by atoms with Crippen LogP contribution in [-0.4, -0.2) is 70.3 Å². The summed E-state index contributed by atoms with van der Waals surface area (Å²) in [6, 6.07) is 6.45. The Balaban J connectivity index is 1.32. The van der Waals surface area contributed by atoms with Gasteiger partial charge >= 0.3 is 0 Å². The predicted molar refractivity (Wildman–Crippen MR) is 103 cm³/mol. The van der Waals surface area contributed by atoms with Crippen LogP contribution in [0.2, 0.25) is 0 Å². The van der Waals surface area contributed by atoms with Crippen molar-refractivity contribution in [2.75, 3.05) is 32.7 Å². The number of pyridine rings is 1. The molecular formula is C21H30N4O2. The first-order valence-corrected chi connectivity index (χ1v) is 10.4. The Labute approximate surface area is 161 Å². The second kappa shape index (κ2) is 8.38. The minimum absolute atomic E-state index is 0.0707. The molecule has 1 saturated carbocycles. The SMILES string of the molecule is O=C1CC(C(=O)N2CCCN(C3CCCC3)CC2)CN1Cc1ccccn1. The number of carbonyl (C=O) groups is 2. The van der Waals surface area contributed by atoms with Gasteiger partial charge in [-0.2, -0.15) is 0 Å². The average Bonchev–Trinajstić information content (AvgIpc) is 3.27. The molecule has 2 aliphatic heterocycles. The molecule has 1 atom stereocenters. The lowest BCUT2D eigenvalue weighted by molar-refractivity contribution is -0.135. The van der Waals surface area contributed by atoms with E-state index in [1.807, 2.05) is 23.1 Å². The van der Waals surface area contributed by atoms with Crippen LogP contribution in [0.15, 0.2) is 24.4 Å². The smallest absolute Gasteiger partial charge is 0.228 e. The minimum Gasteiger partial charge on any atom is -0.341 e. The van der Waals surface area contributed by atoms with E-state index < -0.39 is 0 Å². The van der Waals surface area contributed by atoms with Crippen molar-refractivity contribution in [2.24, 2.45) is 5.92 Å². The van der Waals surface area contributed by atoms with Crippen LogP contribution in [0.5, 0.6) is 0 Å². The number of carbonyl (C=O) groups excluding carboxylic acids is 2. The van der Waals surface area contributed by atoms with Crippen LogP contribution in [0.25, 0.3) is 0 Å². The summed E-state index contributed by atoms with van der Waals surface area (Å²) in [7, 11) is 0. The molecule has 146 valence electrons. The van der Waals surface area contributed by atoms with Crippen molar-refractivity contribution < 1.29 is 9.59 Å². The van der Waals surface area contributed by atoms with E-state index in [9.17, 15) is 9.59 Å². The number of aromatic nitrogens is 1. The summed E-state index contributed by atoms with van der Waals surface area (Å²) in [6.45, 7) is 4.74.